The fourth-order valence-electron chi connectivity index (χ4n) is 4.39. The van der Waals surface area contributed by atoms with Crippen LogP contribution in [0.5, 0.6) is 5.75 Å². The number of halogens is 2. The zero-order valence-electron chi connectivity index (χ0n) is 17.3. The second-order valence-electron chi connectivity index (χ2n) is 8.12. The molecule has 1 aromatic heterocycles. The summed E-state index contributed by atoms with van der Waals surface area (Å²) in [5.74, 6) is -0.0561. The zero-order valence-corrected chi connectivity index (χ0v) is 17.3. The van der Waals surface area contributed by atoms with Crippen LogP contribution in [-0.4, -0.2) is 57.5 Å². The summed E-state index contributed by atoms with van der Waals surface area (Å²) in [5.41, 5.74) is 1.24. The molecule has 3 heterocycles. The second kappa shape index (κ2) is 7.46. The van der Waals surface area contributed by atoms with Crippen molar-refractivity contribution in [1.82, 2.24) is 19.4 Å². The van der Waals surface area contributed by atoms with Crippen LogP contribution in [0.15, 0.2) is 48.8 Å². The van der Waals surface area contributed by atoms with E-state index in [1.165, 1.54) is 12.1 Å². The Labute approximate surface area is 178 Å². The number of aromatic nitrogens is 2. The van der Waals surface area contributed by atoms with Crippen molar-refractivity contribution in [3.05, 3.63) is 71.8 Å². The third-order valence-corrected chi connectivity index (χ3v) is 6.15. The summed E-state index contributed by atoms with van der Waals surface area (Å²) >= 11 is 0. The molecule has 0 spiro atoms. The Bertz CT molecular complexity index is 1160. The van der Waals surface area contributed by atoms with E-state index in [2.05, 4.69) is 9.88 Å². The topological polar surface area (TPSA) is 50.6 Å². The molecule has 2 aliphatic heterocycles. The maximum absolute atomic E-state index is 14.3. The van der Waals surface area contributed by atoms with E-state index in [0.29, 0.717) is 36.5 Å². The molecule has 1 saturated heterocycles. The lowest BCUT2D eigenvalue weighted by Crippen LogP contribution is -2.44. The van der Waals surface area contributed by atoms with Gasteiger partial charge in [0.1, 0.15) is 29.3 Å². The van der Waals surface area contributed by atoms with Crippen molar-refractivity contribution in [3.63, 3.8) is 0 Å². The molecular weight excluding hydrogens is 402 g/mol. The Hall–Kier alpha value is -3.26. The lowest BCUT2D eigenvalue weighted by atomic mass is 10.0. The summed E-state index contributed by atoms with van der Waals surface area (Å²) in [7, 11) is 3.74. The van der Waals surface area contributed by atoms with Gasteiger partial charge in [-0.1, -0.05) is 6.07 Å². The largest absolute Gasteiger partial charge is 0.486 e. The second-order valence-corrected chi connectivity index (χ2v) is 8.12. The number of likely N-dealkylation sites (tertiary alicyclic amines) is 1. The van der Waals surface area contributed by atoms with Gasteiger partial charge in [0.25, 0.3) is 5.91 Å². The summed E-state index contributed by atoms with van der Waals surface area (Å²) in [6, 6.07) is 8.34. The van der Waals surface area contributed by atoms with Gasteiger partial charge in [0.15, 0.2) is 0 Å². The Balaban J connectivity index is 1.45. The molecule has 0 N–H and O–H groups in total. The minimum atomic E-state index is -0.656. The van der Waals surface area contributed by atoms with Gasteiger partial charge in [-0.05, 0) is 29.8 Å². The predicted molar refractivity (Wildman–Crippen MR) is 111 cm³/mol. The molecule has 160 valence electrons. The number of hydrogen-bond donors (Lipinski definition) is 0. The molecule has 1 fully saturated rings. The van der Waals surface area contributed by atoms with Gasteiger partial charge in [-0.25, -0.2) is 13.8 Å². The van der Waals surface area contributed by atoms with Crippen LogP contribution in [-0.2, 0) is 13.6 Å². The van der Waals surface area contributed by atoms with E-state index in [9.17, 15) is 13.6 Å². The maximum Gasteiger partial charge on any atom is 0.257 e. The summed E-state index contributed by atoms with van der Waals surface area (Å²) < 4.78 is 35.9. The van der Waals surface area contributed by atoms with Crippen molar-refractivity contribution in [3.8, 4) is 16.9 Å². The predicted octanol–water partition coefficient (Wildman–Crippen LogP) is 3.08. The van der Waals surface area contributed by atoms with Crippen molar-refractivity contribution in [2.45, 2.75) is 18.7 Å². The average molecular weight is 424 g/mol. The number of rotatable bonds is 3. The molecule has 5 rings (SSSR count). The van der Waals surface area contributed by atoms with Gasteiger partial charge < -0.3 is 14.2 Å². The molecule has 0 saturated carbocycles. The highest BCUT2D eigenvalue weighted by molar-refractivity contribution is 5.98. The molecule has 6 nitrogen and oxygen atoms in total. The van der Waals surface area contributed by atoms with Gasteiger partial charge in [-0.15, -0.1) is 0 Å². The number of aryl methyl sites for hydroxylation is 1. The SMILES string of the molecule is CN1C(=O)c2ccc(-c3ccc(F)cc3F)cc2O[C@H]2CN(Cc3nccn3C)C[C@H]21. The molecule has 31 heavy (non-hydrogen) atoms. The number of carbonyl (C=O) groups excluding carboxylic acids is 1. The van der Waals surface area contributed by atoms with Crippen LogP contribution in [0.2, 0.25) is 0 Å². The number of carbonyl (C=O) groups is 1. The molecule has 0 bridgehead atoms. The molecule has 0 radical (unpaired) electrons. The fourth-order valence-corrected chi connectivity index (χ4v) is 4.39. The number of nitrogens with zero attached hydrogens (tertiary/aromatic N) is 4. The van der Waals surface area contributed by atoms with Gasteiger partial charge >= 0.3 is 0 Å². The molecule has 2 aliphatic rings. The van der Waals surface area contributed by atoms with E-state index in [-0.39, 0.29) is 23.6 Å². The number of ether oxygens (including phenoxy) is 1. The molecule has 0 aliphatic carbocycles. The summed E-state index contributed by atoms with van der Waals surface area (Å²) in [6.45, 7) is 1.98. The summed E-state index contributed by atoms with van der Waals surface area (Å²) in [4.78, 5) is 21.4. The van der Waals surface area contributed by atoms with Gasteiger partial charge in [0.05, 0.1) is 18.2 Å². The van der Waals surface area contributed by atoms with Crippen molar-refractivity contribution in [2.24, 2.45) is 7.05 Å². The standard InChI is InChI=1S/C23H22F2N4O2/c1-27-8-7-26-22(27)13-29-11-19-21(12-29)31-20-9-14(3-5-17(20)23(30)28(19)2)16-6-4-15(24)10-18(16)25/h3-10,19,21H,11-13H2,1-2H3/t19-,21+/m1/s1. The monoisotopic (exact) mass is 424 g/mol. The average Bonchev–Trinajstić information content (AvgIpc) is 3.31. The Morgan fingerprint density at radius 2 is 1.90 bits per heavy atom. The molecule has 3 aromatic rings. The van der Waals surface area contributed by atoms with Crippen molar-refractivity contribution in [1.29, 1.82) is 0 Å². The maximum atomic E-state index is 14.3. The first kappa shape index (κ1) is 19.7. The third kappa shape index (κ3) is 3.46. The number of benzene rings is 2. The highest BCUT2D eigenvalue weighted by Crippen LogP contribution is 2.35. The smallest absolute Gasteiger partial charge is 0.257 e. The number of hydrogen-bond acceptors (Lipinski definition) is 4. The van der Waals surface area contributed by atoms with Gasteiger partial charge in [0.2, 0.25) is 0 Å². The van der Waals surface area contributed by atoms with Crippen molar-refractivity contribution in [2.75, 3.05) is 20.1 Å². The number of amides is 1. The van der Waals surface area contributed by atoms with E-state index >= 15 is 0 Å². The summed E-state index contributed by atoms with van der Waals surface area (Å²) in [5, 5.41) is 0. The minimum absolute atomic E-state index is 0.105. The van der Waals surface area contributed by atoms with Crippen LogP contribution in [0.4, 0.5) is 8.78 Å². The molecule has 2 aromatic carbocycles. The van der Waals surface area contributed by atoms with Gasteiger partial charge in [-0.2, -0.15) is 0 Å². The van der Waals surface area contributed by atoms with E-state index in [1.54, 1.807) is 36.3 Å². The highest BCUT2D eigenvalue weighted by Gasteiger charge is 2.42. The Morgan fingerprint density at radius 1 is 1.10 bits per heavy atom. The summed E-state index contributed by atoms with van der Waals surface area (Å²) in [6.07, 6.45) is 3.45. The fraction of sp³-hybridized carbons (Fsp3) is 0.304. The van der Waals surface area contributed by atoms with E-state index in [4.69, 9.17) is 4.74 Å². The molecular formula is C23H22F2N4O2. The van der Waals surface area contributed by atoms with E-state index < -0.39 is 11.6 Å². The minimum Gasteiger partial charge on any atom is -0.486 e. The van der Waals surface area contributed by atoms with E-state index in [1.807, 2.05) is 17.8 Å². The Kier molecular flexibility index (Phi) is 4.74. The third-order valence-electron chi connectivity index (χ3n) is 6.15. The number of likely N-dealkylation sites (N-methyl/N-ethyl adjacent to an activating group) is 1. The van der Waals surface area contributed by atoms with Crippen LogP contribution in [0.1, 0.15) is 16.2 Å². The van der Waals surface area contributed by atoms with Crippen LogP contribution < -0.4 is 4.74 Å². The first-order valence-corrected chi connectivity index (χ1v) is 10.1. The first-order chi connectivity index (χ1) is 14.9. The normalized spacial score (nSPS) is 20.9. The zero-order chi connectivity index (χ0) is 21.7. The lowest BCUT2D eigenvalue weighted by Gasteiger charge is -2.25. The van der Waals surface area contributed by atoms with Crippen LogP contribution in [0.25, 0.3) is 11.1 Å². The van der Waals surface area contributed by atoms with Crippen molar-refractivity contribution < 1.29 is 18.3 Å². The number of fused-ring (bicyclic) bond motifs is 2. The quantitative estimate of drug-likeness (QED) is 0.649. The van der Waals surface area contributed by atoms with Crippen LogP contribution in [0.3, 0.4) is 0 Å². The number of imidazole rings is 1. The first-order valence-electron chi connectivity index (χ1n) is 10.1. The van der Waals surface area contributed by atoms with E-state index in [0.717, 1.165) is 11.9 Å². The van der Waals surface area contributed by atoms with Crippen molar-refractivity contribution >= 4 is 5.91 Å². The Morgan fingerprint density at radius 3 is 2.65 bits per heavy atom. The van der Waals surface area contributed by atoms with Crippen LogP contribution >= 0.6 is 0 Å². The molecule has 0 unspecified atom stereocenters. The molecule has 1 amide bonds. The molecule has 8 heteroatoms. The lowest BCUT2D eigenvalue weighted by molar-refractivity contribution is 0.0682. The van der Waals surface area contributed by atoms with Crippen LogP contribution in [0, 0.1) is 11.6 Å². The molecule has 2 atom stereocenters. The van der Waals surface area contributed by atoms with Gasteiger partial charge in [-0.3, -0.25) is 9.69 Å². The highest BCUT2D eigenvalue weighted by atomic mass is 19.1. The van der Waals surface area contributed by atoms with Gasteiger partial charge in [0, 0.05) is 51.2 Å².